The zero-order valence-electron chi connectivity index (χ0n) is 10.7. The number of piperidine rings is 1. The molecule has 19 heavy (non-hydrogen) atoms. The first-order valence-electron chi connectivity index (χ1n) is 6.53. The van der Waals surface area contributed by atoms with Crippen LogP contribution in [0, 0.1) is 0 Å². The van der Waals surface area contributed by atoms with E-state index in [1.165, 1.54) is 5.56 Å². The van der Waals surface area contributed by atoms with Crippen molar-refractivity contribution in [3.8, 4) is 0 Å². The van der Waals surface area contributed by atoms with Crippen LogP contribution in [0.4, 0.5) is 0 Å². The van der Waals surface area contributed by atoms with Crippen molar-refractivity contribution in [3.05, 3.63) is 22.4 Å². The number of nitrogens with zero attached hydrogens (tertiary/aromatic N) is 1. The Kier molecular flexibility index (Phi) is 5.32. The lowest BCUT2D eigenvalue weighted by atomic mass is 9.94. The van der Waals surface area contributed by atoms with E-state index in [0.717, 1.165) is 12.8 Å². The maximum Gasteiger partial charge on any atom is 0.109 e. The van der Waals surface area contributed by atoms with Crippen molar-refractivity contribution >= 4 is 11.3 Å². The molecular formula is C13H21NO4S. The molecule has 0 aliphatic carbocycles. The van der Waals surface area contributed by atoms with Crippen molar-refractivity contribution < 1.29 is 20.4 Å². The second-order valence-electron chi connectivity index (χ2n) is 5.03. The zero-order chi connectivity index (χ0) is 13.8. The molecule has 108 valence electrons. The van der Waals surface area contributed by atoms with Gasteiger partial charge in [-0.05, 0) is 41.8 Å². The number of thiophene rings is 1. The lowest BCUT2D eigenvalue weighted by Crippen LogP contribution is -2.62. The van der Waals surface area contributed by atoms with Gasteiger partial charge in [-0.1, -0.05) is 0 Å². The Labute approximate surface area is 116 Å². The van der Waals surface area contributed by atoms with Gasteiger partial charge in [-0.2, -0.15) is 11.3 Å². The summed E-state index contributed by atoms with van der Waals surface area (Å²) in [5.74, 6) is 0. The fourth-order valence-electron chi connectivity index (χ4n) is 2.56. The van der Waals surface area contributed by atoms with Crippen LogP contribution in [-0.2, 0) is 6.42 Å². The van der Waals surface area contributed by atoms with Crippen LogP contribution in [0.5, 0.6) is 0 Å². The smallest absolute Gasteiger partial charge is 0.109 e. The van der Waals surface area contributed by atoms with Crippen molar-refractivity contribution in [3.63, 3.8) is 0 Å². The Hall–Kier alpha value is -0.500. The molecule has 1 aliphatic heterocycles. The molecule has 3 unspecified atom stereocenters. The maximum absolute atomic E-state index is 9.85. The Morgan fingerprint density at radius 2 is 2.05 bits per heavy atom. The third-order valence-corrected chi connectivity index (χ3v) is 4.44. The Balaban J connectivity index is 1.87. The van der Waals surface area contributed by atoms with Gasteiger partial charge in [0.05, 0.1) is 18.8 Å². The number of rotatable bonds is 5. The van der Waals surface area contributed by atoms with Crippen LogP contribution in [0.25, 0.3) is 0 Å². The zero-order valence-corrected chi connectivity index (χ0v) is 11.5. The SMILES string of the molecule is OC[C@H]1C(O)C(O)C(O)CN1CCCc1ccsc1. The second kappa shape index (κ2) is 6.78. The highest BCUT2D eigenvalue weighted by molar-refractivity contribution is 7.07. The molecule has 1 fully saturated rings. The van der Waals surface area contributed by atoms with E-state index in [-0.39, 0.29) is 13.2 Å². The lowest BCUT2D eigenvalue weighted by Gasteiger charge is -2.43. The monoisotopic (exact) mass is 287 g/mol. The van der Waals surface area contributed by atoms with Crippen molar-refractivity contribution in [1.82, 2.24) is 4.90 Å². The number of β-amino-alcohol motifs (C(OH)–C–C–N with tert-alkyl or cyclic N) is 1. The first kappa shape index (κ1) is 14.9. The van der Waals surface area contributed by atoms with Gasteiger partial charge in [-0.15, -0.1) is 0 Å². The minimum Gasteiger partial charge on any atom is -0.395 e. The van der Waals surface area contributed by atoms with Gasteiger partial charge in [-0.25, -0.2) is 0 Å². The van der Waals surface area contributed by atoms with Gasteiger partial charge in [-0.3, -0.25) is 4.90 Å². The quantitative estimate of drug-likeness (QED) is 0.583. The molecule has 0 bridgehead atoms. The van der Waals surface area contributed by atoms with Gasteiger partial charge in [0.2, 0.25) is 0 Å². The highest BCUT2D eigenvalue weighted by Crippen LogP contribution is 2.19. The largest absolute Gasteiger partial charge is 0.395 e. The van der Waals surface area contributed by atoms with Gasteiger partial charge in [0.25, 0.3) is 0 Å². The fraction of sp³-hybridized carbons (Fsp3) is 0.692. The standard InChI is InChI=1S/C13H21NO4S/c15-7-10-12(17)13(18)11(16)6-14(10)4-1-2-9-3-5-19-8-9/h3,5,8,10-13,15-18H,1-2,4,6-7H2/t10-,11?,12?,13?/m0/s1. The predicted octanol–water partition coefficient (Wildman–Crippen LogP) is -0.560. The molecular weight excluding hydrogens is 266 g/mol. The van der Waals surface area contributed by atoms with Crippen LogP contribution < -0.4 is 0 Å². The molecule has 1 aromatic rings. The van der Waals surface area contributed by atoms with Crippen LogP contribution in [0.1, 0.15) is 12.0 Å². The normalized spacial score (nSPS) is 32.6. The maximum atomic E-state index is 9.85. The average molecular weight is 287 g/mol. The second-order valence-corrected chi connectivity index (χ2v) is 5.81. The summed E-state index contributed by atoms with van der Waals surface area (Å²) in [4.78, 5) is 1.86. The number of hydrogen-bond donors (Lipinski definition) is 4. The molecule has 0 saturated carbocycles. The molecule has 2 heterocycles. The van der Waals surface area contributed by atoms with Crippen LogP contribution in [0.2, 0.25) is 0 Å². The number of aliphatic hydroxyl groups is 4. The molecule has 0 radical (unpaired) electrons. The van der Waals surface area contributed by atoms with E-state index in [2.05, 4.69) is 11.4 Å². The van der Waals surface area contributed by atoms with E-state index in [4.69, 9.17) is 0 Å². The summed E-state index contributed by atoms with van der Waals surface area (Å²) in [5, 5.41) is 42.6. The van der Waals surface area contributed by atoms with E-state index < -0.39 is 24.4 Å². The van der Waals surface area contributed by atoms with Crippen LogP contribution >= 0.6 is 11.3 Å². The molecule has 0 spiro atoms. The van der Waals surface area contributed by atoms with E-state index in [1.54, 1.807) is 11.3 Å². The molecule has 4 N–H and O–H groups in total. The number of likely N-dealkylation sites (tertiary alicyclic amines) is 1. The molecule has 2 rings (SSSR count). The van der Waals surface area contributed by atoms with Crippen LogP contribution in [0.3, 0.4) is 0 Å². The third kappa shape index (κ3) is 3.53. The molecule has 0 amide bonds. The first-order valence-corrected chi connectivity index (χ1v) is 7.48. The third-order valence-electron chi connectivity index (χ3n) is 3.71. The Bertz CT molecular complexity index is 373. The molecule has 4 atom stereocenters. The van der Waals surface area contributed by atoms with Gasteiger partial charge in [0.1, 0.15) is 12.2 Å². The number of hydrogen-bond acceptors (Lipinski definition) is 6. The molecule has 0 aromatic carbocycles. The molecule has 1 aliphatic rings. The van der Waals surface area contributed by atoms with Crippen molar-refractivity contribution in [2.75, 3.05) is 19.7 Å². The summed E-state index contributed by atoms with van der Waals surface area (Å²) in [7, 11) is 0. The minimum atomic E-state index is -1.18. The van der Waals surface area contributed by atoms with E-state index >= 15 is 0 Å². The molecule has 5 nitrogen and oxygen atoms in total. The Morgan fingerprint density at radius 1 is 1.26 bits per heavy atom. The lowest BCUT2D eigenvalue weighted by molar-refractivity contribution is -0.145. The molecule has 6 heteroatoms. The topological polar surface area (TPSA) is 84.2 Å². The number of aryl methyl sites for hydroxylation is 1. The molecule has 1 saturated heterocycles. The van der Waals surface area contributed by atoms with Gasteiger partial charge < -0.3 is 20.4 Å². The highest BCUT2D eigenvalue weighted by Gasteiger charge is 2.40. The van der Waals surface area contributed by atoms with E-state index in [9.17, 15) is 20.4 Å². The molecule has 1 aromatic heterocycles. The van der Waals surface area contributed by atoms with Gasteiger partial charge in [0, 0.05) is 6.54 Å². The summed E-state index contributed by atoms with van der Waals surface area (Å²) in [6.45, 7) is 0.748. The first-order chi connectivity index (χ1) is 9.13. The van der Waals surface area contributed by atoms with Crippen LogP contribution in [0.15, 0.2) is 16.8 Å². The van der Waals surface area contributed by atoms with E-state index in [1.807, 2.05) is 10.3 Å². The number of aliphatic hydroxyl groups excluding tert-OH is 4. The summed E-state index contributed by atoms with van der Waals surface area (Å²) in [6.07, 6.45) is -1.41. The highest BCUT2D eigenvalue weighted by atomic mass is 32.1. The Morgan fingerprint density at radius 3 is 2.68 bits per heavy atom. The van der Waals surface area contributed by atoms with Gasteiger partial charge in [0.15, 0.2) is 0 Å². The van der Waals surface area contributed by atoms with E-state index in [0.29, 0.717) is 6.54 Å². The van der Waals surface area contributed by atoms with Gasteiger partial charge >= 0.3 is 0 Å². The summed E-state index contributed by atoms with van der Waals surface area (Å²) in [5.41, 5.74) is 1.28. The summed E-state index contributed by atoms with van der Waals surface area (Å²) >= 11 is 1.67. The average Bonchev–Trinajstić information content (AvgIpc) is 2.89. The van der Waals surface area contributed by atoms with Crippen molar-refractivity contribution in [2.24, 2.45) is 0 Å². The summed E-state index contributed by atoms with van der Waals surface area (Å²) in [6, 6.07) is 1.58. The predicted molar refractivity (Wildman–Crippen MR) is 73.1 cm³/mol. The van der Waals surface area contributed by atoms with Crippen molar-refractivity contribution in [2.45, 2.75) is 37.2 Å². The fourth-order valence-corrected chi connectivity index (χ4v) is 3.26. The summed E-state index contributed by atoms with van der Waals surface area (Å²) < 4.78 is 0. The van der Waals surface area contributed by atoms with Crippen molar-refractivity contribution in [1.29, 1.82) is 0 Å². The van der Waals surface area contributed by atoms with Crippen LogP contribution in [-0.4, -0.2) is 69.4 Å². The minimum absolute atomic E-state index is 0.219.